The number of aromatic amines is 1. The van der Waals surface area contributed by atoms with E-state index in [-0.39, 0.29) is 17.8 Å². The van der Waals surface area contributed by atoms with Crippen LogP contribution in [0.2, 0.25) is 0 Å². The zero-order valence-electron chi connectivity index (χ0n) is 13.2. The van der Waals surface area contributed by atoms with Crippen LogP contribution in [-0.2, 0) is 17.8 Å². The Labute approximate surface area is 138 Å². The summed E-state index contributed by atoms with van der Waals surface area (Å²) in [7, 11) is 0. The third kappa shape index (κ3) is 3.01. The van der Waals surface area contributed by atoms with Gasteiger partial charge in [-0.15, -0.1) is 0 Å². The minimum atomic E-state index is -1.03. The van der Waals surface area contributed by atoms with Crippen LogP contribution in [0.5, 0.6) is 0 Å². The molecular weight excluding hydrogens is 308 g/mol. The van der Waals surface area contributed by atoms with E-state index in [1.807, 2.05) is 31.2 Å². The number of carboxylic acid groups (broad SMARTS) is 1. The molecule has 0 saturated heterocycles. The van der Waals surface area contributed by atoms with Gasteiger partial charge in [0.1, 0.15) is 6.04 Å². The van der Waals surface area contributed by atoms with E-state index in [0.717, 1.165) is 16.5 Å². The molecule has 0 radical (unpaired) electrons. The van der Waals surface area contributed by atoms with Crippen molar-refractivity contribution in [3.8, 4) is 0 Å². The molecule has 0 fully saturated rings. The van der Waals surface area contributed by atoms with Crippen LogP contribution in [-0.4, -0.2) is 31.7 Å². The Morgan fingerprint density at radius 2 is 2.21 bits per heavy atom. The SMILES string of the molecule is CCn1ccnc(N[C@@H](Cc2c[nH]c3ccccc23)C(=O)O)c1=O. The van der Waals surface area contributed by atoms with Gasteiger partial charge in [0.05, 0.1) is 0 Å². The summed E-state index contributed by atoms with van der Waals surface area (Å²) in [6.45, 7) is 2.34. The van der Waals surface area contributed by atoms with Gasteiger partial charge in [-0.3, -0.25) is 4.79 Å². The number of H-pyrrole nitrogens is 1. The number of hydrogen-bond donors (Lipinski definition) is 3. The van der Waals surface area contributed by atoms with Gasteiger partial charge in [0, 0.05) is 42.5 Å². The molecule has 1 atom stereocenters. The number of aromatic nitrogens is 3. The summed E-state index contributed by atoms with van der Waals surface area (Å²) in [6, 6.07) is 6.74. The first-order chi connectivity index (χ1) is 11.6. The molecule has 0 unspecified atom stereocenters. The van der Waals surface area contributed by atoms with Crippen LogP contribution in [0.15, 0.2) is 47.7 Å². The van der Waals surface area contributed by atoms with Crippen molar-refractivity contribution >= 4 is 22.7 Å². The zero-order chi connectivity index (χ0) is 17.1. The Morgan fingerprint density at radius 3 is 2.96 bits per heavy atom. The van der Waals surface area contributed by atoms with E-state index in [1.54, 1.807) is 12.4 Å². The molecule has 0 spiro atoms. The second kappa shape index (κ2) is 6.57. The molecule has 0 aliphatic rings. The molecule has 2 heterocycles. The van der Waals surface area contributed by atoms with E-state index in [4.69, 9.17) is 0 Å². The van der Waals surface area contributed by atoms with Gasteiger partial charge in [-0.1, -0.05) is 18.2 Å². The molecule has 3 N–H and O–H groups in total. The predicted octanol–water partition coefficient (Wildman–Crippen LogP) is 1.85. The molecule has 0 amide bonds. The van der Waals surface area contributed by atoms with E-state index in [2.05, 4.69) is 15.3 Å². The fourth-order valence-corrected chi connectivity index (χ4v) is 2.68. The van der Waals surface area contributed by atoms with Crippen LogP contribution in [0.3, 0.4) is 0 Å². The van der Waals surface area contributed by atoms with Crippen molar-refractivity contribution in [1.29, 1.82) is 0 Å². The van der Waals surface area contributed by atoms with Crippen LogP contribution in [0.4, 0.5) is 5.82 Å². The molecule has 1 aromatic carbocycles. The lowest BCUT2D eigenvalue weighted by atomic mass is 10.1. The van der Waals surface area contributed by atoms with Crippen molar-refractivity contribution in [2.24, 2.45) is 0 Å². The Kier molecular flexibility index (Phi) is 4.33. The number of para-hydroxylation sites is 1. The number of aryl methyl sites for hydroxylation is 1. The van der Waals surface area contributed by atoms with Gasteiger partial charge in [-0.25, -0.2) is 9.78 Å². The lowest BCUT2D eigenvalue weighted by Gasteiger charge is -2.15. The van der Waals surface area contributed by atoms with Gasteiger partial charge in [-0.05, 0) is 18.6 Å². The van der Waals surface area contributed by atoms with Crippen LogP contribution in [0.1, 0.15) is 12.5 Å². The highest BCUT2D eigenvalue weighted by atomic mass is 16.4. The molecule has 124 valence electrons. The molecule has 2 aromatic heterocycles. The lowest BCUT2D eigenvalue weighted by Crippen LogP contribution is -2.35. The quantitative estimate of drug-likeness (QED) is 0.642. The normalized spacial score (nSPS) is 12.2. The molecular formula is C17H18N4O3. The summed E-state index contributed by atoms with van der Waals surface area (Å²) < 4.78 is 1.47. The first-order valence-corrected chi connectivity index (χ1v) is 7.70. The monoisotopic (exact) mass is 326 g/mol. The number of fused-ring (bicyclic) bond motifs is 1. The Hall–Kier alpha value is -3.09. The molecule has 0 aliphatic heterocycles. The molecule has 0 bridgehead atoms. The zero-order valence-corrected chi connectivity index (χ0v) is 13.2. The van der Waals surface area contributed by atoms with Crippen molar-refractivity contribution in [1.82, 2.24) is 14.5 Å². The van der Waals surface area contributed by atoms with Gasteiger partial charge in [0.2, 0.25) is 0 Å². The second-order valence-electron chi connectivity index (χ2n) is 5.47. The Bertz CT molecular complexity index is 929. The smallest absolute Gasteiger partial charge is 0.326 e. The number of aliphatic carboxylic acids is 1. The maximum atomic E-state index is 12.2. The third-order valence-electron chi connectivity index (χ3n) is 3.96. The van der Waals surface area contributed by atoms with Crippen LogP contribution < -0.4 is 10.9 Å². The van der Waals surface area contributed by atoms with E-state index >= 15 is 0 Å². The summed E-state index contributed by atoms with van der Waals surface area (Å²) >= 11 is 0. The second-order valence-corrected chi connectivity index (χ2v) is 5.47. The number of nitrogens with one attached hydrogen (secondary N) is 2. The highest BCUT2D eigenvalue weighted by Gasteiger charge is 2.21. The van der Waals surface area contributed by atoms with Crippen molar-refractivity contribution in [2.45, 2.75) is 25.9 Å². The van der Waals surface area contributed by atoms with Gasteiger partial charge >= 0.3 is 5.97 Å². The highest BCUT2D eigenvalue weighted by molar-refractivity contribution is 5.85. The van der Waals surface area contributed by atoms with E-state index < -0.39 is 12.0 Å². The van der Waals surface area contributed by atoms with Gasteiger partial charge in [-0.2, -0.15) is 0 Å². The molecule has 3 aromatic rings. The van der Waals surface area contributed by atoms with Crippen LogP contribution >= 0.6 is 0 Å². The van der Waals surface area contributed by atoms with Crippen LogP contribution in [0.25, 0.3) is 10.9 Å². The fraction of sp³-hybridized carbons (Fsp3) is 0.235. The predicted molar refractivity (Wildman–Crippen MR) is 91.2 cm³/mol. The minimum absolute atomic E-state index is 0.0478. The standard InChI is InChI=1S/C17H18N4O3/c1-2-21-8-7-18-15(16(21)22)20-14(17(23)24)9-11-10-19-13-6-4-3-5-12(11)13/h3-8,10,14,19H,2,9H2,1H3,(H,18,20)(H,23,24)/t14-/m0/s1. The number of nitrogens with zero attached hydrogens (tertiary/aromatic N) is 2. The number of anilines is 1. The maximum Gasteiger partial charge on any atom is 0.326 e. The summed E-state index contributed by atoms with van der Waals surface area (Å²) in [5, 5.41) is 13.3. The average Bonchev–Trinajstić information content (AvgIpc) is 2.99. The number of rotatable bonds is 6. The largest absolute Gasteiger partial charge is 0.480 e. The summed E-state index contributed by atoms with van der Waals surface area (Å²) in [4.78, 5) is 30.9. The molecule has 0 aliphatic carbocycles. The fourth-order valence-electron chi connectivity index (χ4n) is 2.68. The minimum Gasteiger partial charge on any atom is -0.480 e. The topological polar surface area (TPSA) is 100 Å². The maximum absolute atomic E-state index is 12.2. The first kappa shape index (κ1) is 15.8. The molecule has 24 heavy (non-hydrogen) atoms. The van der Waals surface area contributed by atoms with E-state index in [0.29, 0.717) is 6.54 Å². The first-order valence-electron chi connectivity index (χ1n) is 7.70. The molecule has 7 nitrogen and oxygen atoms in total. The number of benzene rings is 1. The van der Waals surface area contributed by atoms with Gasteiger partial charge in [0.25, 0.3) is 5.56 Å². The number of carbonyl (C=O) groups is 1. The number of hydrogen-bond acceptors (Lipinski definition) is 4. The molecule has 0 saturated carbocycles. The van der Waals surface area contributed by atoms with Crippen molar-refractivity contribution < 1.29 is 9.90 Å². The summed E-state index contributed by atoms with van der Waals surface area (Å²) in [6.07, 6.45) is 5.09. The Morgan fingerprint density at radius 1 is 1.42 bits per heavy atom. The third-order valence-corrected chi connectivity index (χ3v) is 3.96. The van der Waals surface area contributed by atoms with Gasteiger partial charge in [0.15, 0.2) is 5.82 Å². The van der Waals surface area contributed by atoms with E-state index in [1.165, 1.54) is 10.8 Å². The molecule has 7 heteroatoms. The average molecular weight is 326 g/mol. The lowest BCUT2D eigenvalue weighted by molar-refractivity contribution is -0.137. The van der Waals surface area contributed by atoms with Crippen LogP contribution in [0, 0.1) is 0 Å². The highest BCUT2D eigenvalue weighted by Crippen LogP contribution is 2.19. The summed E-state index contributed by atoms with van der Waals surface area (Å²) in [5.74, 6) is -0.986. The number of carboxylic acids is 1. The van der Waals surface area contributed by atoms with Crippen molar-refractivity contribution in [3.63, 3.8) is 0 Å². The summed E-state index contributed by atoms with van der Waals surface area (Å²) in [5.41, 5.74) is 1.49. The van der Waals surface area contributed by atoms with E-state index in [9.17, 15) is 14.7 Å². The Balaban J connectivity index is 1.89. The van der Waals surface area contributed by atoms with Gasteiger partial charge < -0.3 is 20.0 Å². The van der Waals surface area contributed by atoms with Crippen molar-refractivity contribution in [3.05, 3.63) is 58.8 Å². The van der Waals surface area contributed by atoms with Crippen molar-refractivity contribution in [2.75, 3.05) is 5.32 Å². The molecule has 3 rings (SSSR count).